The Morgan fingerprint density at radius 2 is 1.59 bits per heavy atom. The average Bonchev–Trinajstić information content (AvgIpc) is 2.78. The average molecular weight is 430 g/mol. The molecule has 3 aromatic rings. The lowest BCUT2D eigenvalue weighted by Gasteiger charge is -2.46. The van der Waals surface area contributed by atoms with Gasteiger partial charge in [-0.25, -0.2) is 4.79 Å². The Morgan fingerprint density at radius 3 is 2.22 bits per heavy atom. The molecule has 2 heterocycles. The van der Waals surface area contributed by atoms with Gasteiger partial charge in [0.15, 0.2) is 0 Å². The lowest BCUT2D eigenvalue weighted by atomic mass is 9.75. The Balaban J connectivity index is 1.62. The zero-order valence-corrected chi connectivity index (χ0v) is 18.4. The fourth-order valence-electron chi connectivity index (χ4n) is 4.49. The zero-order valence-electron chi connectivity index (χ0n) is 18.4. The number of amides is 2. The number of benzene rings is 2. The molecule has 4 rings (SSSR count). The minimum Gasteiger partial charge on any atom is -0.465 e. The molecule has 0 saturated carbocycles. The van der Waals surface area contributed by atoms with Crippen molar-refractivity contribution >= 4 is 17.7 Å². The summed E-state index contributed by atoms with van der Waals surface area (Å²) in [7, 11) is 0. The summed E-state index contributed by atoms with van der Waals surface area (Å²) in [5, 5.41) is 13.0. The van der Waals surface area contributed by atoms with E-state index in [-0.39, 0.29) is 11.3 Å². The smallest absolute Gasteiger partial charge is 0.408 e. The van der Waals surface area contributed by atoms with Crippen LogP contribution in [-0.2, 0) is 11.2 Å². The lowest BCUT2D eigenvalue weighted by molar-refractivity contribution is -0.122. The van der Waals surface area contributed by atoms with Crippen LogP contribution in [0, 0.1) is 5.41 Å². The molecule has 1 aromatic heterocycles. The van der Waals surface area contributed by atoms with Crippen LogP contribution in [0.1, 0.15) is 37.9 Å². The van der Waals surface area contributed by atoms with Crippen LogP contribution < -0.4 is 5.32 Å². The molecule has 0 saturated heterocycles. The van der Waals surface area contributed by atoms with Crippen molar-refractivity contribution in [1.29, 1.82) is 0 Å². The van der Waals surface area contributed by atoms with Gasteiger partial charge in [0, 0.05) is 24.5 Å². The first-order valence-electron chi connectivity index (χ1n) is 10.7. The number of aromatic nitrogens is 1. The van der Waals surface area contributed by atoms with Crippen LogP contribution in [0.15, 0.2) is 73.1 Å². The van der Waals surface area contributed by atoms with Crippen LogP contribution in [0.2, 0.25) is 0 Å². The molecule has 2 aromatic carbocycles. The predicted octanol–water partition coefficient (Wildman–Crippen LogP) is 5.38. The highest BCUT2D eigenvalue weighted by atomic mass is 16.4. The third-order valence-corrected chi connectivity index (χ3v) is 5.89. The molecule has 0 radical (unpaired) electrons. The van der Waals surface area contributed by atoms with Gasteiger partial charge in [0.05, 0.1) is 6.04 Å². The molecule has 0 bridgehead atoms. The number of carbonyl (C=O) groups is 2. The molecular weight excluding hydrogens is 402 g/mol. The standard InChI is InChI=1S/C26H27N3O3/c1-26(2,3)23-21-7-5-4-6-19(21)16-22(29(23)25(31)32)24(30)28-20-10-8-17(9-11-20)18-12-14-27-15-13-18/h4-15,22-23H,16H2,1-3H3,(H,28,30)(H,31,32)/t22-,23?/m1/s1. The minimum atomic E-state index is -1.09. The summed E-state index contributed by atoms with van der Waals surface area (Å²) in [5.41, 5.74) is 4.28. The van der Waals surface area contributed by atoms with Gasteiger partial charge in [-0.15, -0.1) is 0 Å². The van der Waals surface area contributed by atoms with E-state index in [0.29, 0.717) is 12.1 Å². The number of anilines is 1. The maximum absolute atomic E-state index is 13.3. The van der Waals surface area contributed by atoms with Gasteiger partial charge in [0.2, 0.25) is 5.91 Å². The third kappa shape index (κ3) is 4.21. The zero-order chi connectivity index (χ0) is 22.9. The van der Waals surface area contributed by atoms with E-state index in [1.807, 2.05) is 81.4 Å². The second-order valence-corrected chi connectivity index (χ2v) is 9.18. The summed E-state index contributed by atoms with van der Waals surface area (Å²) in [4.78, 5) is 31.0. The number of fused-ring (bicyclic) bond motifs is 1. The fraction of sp³-hybridized carbons (Fsp3) is 0.269. The second-order valence-electron chi connectivity index (χ2n) is 9.18. The highest BCUT2D eigenvalue weighted by Crippen LogP contribution is 2.44. The summed E-state index contributed by atoms with van der Waals surface area (Å²) in [6.45, 7) is 6.01. The summed E-state index contributed by atoms with van der Waals surface area (Å²) < 4.78 is 0. The Morgan fingerprint density at radius 1 is 0.969 bits per heavy atom. The van der Waals surface area contributed by atoms with Gasteiger partial charge in [-0.3, -0.25) is 14.7 Å². The fourth-order valence-corrected chi connectivity index (χ4v) is 4.49. The number of hydrogen-bond acceptors (Lipinski definition) is 3. The van der Waals surface area contributed by atoms with Crippen LogP contribution in [0.5, 0.6) is 0 Å². The van der Waals surface area contributed by atoms with Gasteiger partial charge in [-0.05, 0) is 51.9 Å². The molecule has 0 aliphatic carbocycles. The van der Waals surface area contributed by atoms with E-state index in [1.165, 1.54) is 4.90 Å². The van der Waals surface area contributed by atoms with Crippen LogP contribution >= 0.6 is 0 Å². The van der Waals surface area contributed by atoms with Crippen LogP contribution in [0.4, 0.5) is 10.5 Å². The number of rotatable bonds is 3. The number of hydrogen-bond donors (Lipinski definition) is 2. The van der Waals surface area contributed by atoms with E-state index in [2.05, 4.69) is 10.3 Å². The van der Waals surface area contributed by atoms with E-state index in [4.69, 9.17) is 0 Å². The Bertz CT molecular complexity index is 1120. The van der Waals surface area contributed by atoms with Crippen LogP contribution in [0.3, 0.4) is 0 Å². The number of pyridine rings is 1. The molecule has 2 N–H and O–H groups in total. The van der Waals surface area contributed by atoms with E-state index >= 15 is 0 Å². The van der Waals surface area contributed by atoms with Gasteiger partial charge in [0.1, 0.15) is 6.04 Å². The second kappa shape index (κ2) is 8.46. The van der Waals surface area contributed by atoms with Gasteiger partial charge in [-0.2, -0.15) is 0 Å². The van der Waals surface area contributed by atoms with E-state index in [1.54, 1.807) is 12.4 Å². The normalized spacial score (nSPS) is 18.0. The topological polar surface area (TPSA) is 82.5 Å². The van der Waals surface area contributed by atoms with E-state index in [9.17, 15) is 14.7 Å². The maximum Gasteiger partial charge on any atom is 0.408 e. The molecule has 6 nitrogen and oxygen atoms in total. The molecule has 0 spiro atoms. The molecule has 1 aliphatic heterocycles. The highest BCUT2D eigenvalue weighted by Gasteiger charge is 2.45. The summed E-state index contributed by atoms with van der Waals surface area (Å²) in [5.74, 6) is -0.326. The van der Waals surface area contributed by atoms with Crippen molar-refractivity contribution < 1.29 is 14.7 Å². The van der Waals surface area contributed by atoms with Gasteiger partial charge < -0.3 is 10.4 Å². The molecule has 164 valence electrons. The summed E-state index contributed by atoms with van der Waals surface area (Å²) in [6, 6.07) is 17.9. The molecule has 2 atom stereocenters. The van der Waals surface area contributed by atoms with Gasteiger partial charge in [-0.1, -0.05) is 57.2 Å². The molecular formula is C26H27N3O3. The summed E-state index contributed by atoms with van der Waals surface area (Å²) >= 11 is 0. The van der Waals surface area contributed by atoms with Crippen LogP contribution in [0.25, 0.3) is 11.1 Å². The number of nitrogens with one attached hydrogen (secondary N) is 1. The SMILES string of the molecule is CC(C)(C)C1c2ccccc2C[C@H](C(=O)Nc2ccc(-c3ccncc3)cc2)N1C(=O)O. The predicted molar refractivity (Wildman–Crippen MR) is 124 cm³/mol. The van der Waals surface area contributed by atoms with E-state index < -0.39 is 18.2 Å². The van der Waals surface area contributed by atoms with E-state index in [0.717, 1.165) is 22.3 Å². The number of carbonyl (C=O) groups excluding carboxylic acids is 1. The highest BCUT2D eigenvalue weighted by molar-refractivity contribution is 5.97. The lowest BCUT2D eigenvalue weighted by Crippen LogP contribution is -2.55. The van der Waals surface area contributed by atoms with Crippen LogP contribution in [-0.4, -0.2) is 33.0 Å². The molecule has 2 amide bonds. The molecule has 1 aliphatic rings. The Labute approximate surface area is 187 Å². The van der Waals surface area contributed by atoms with Crippen molar-refractivity contribution in [2.75, 3.05) is 5.32 Å². The molecule has 0 fully saturated rings. The summed E-state index contributed by atoms with van der Waals surface area (Å²) in [6.07, 6.45) is 2.72. The van der Waals surface area contributed by atoms with Crippen molar-refractivity contribution in [2.45, 2.75) is 39.3 Å². The Kier molecular flexibility index (Phi) is 5.70. The van der Waals surface area contributed by atoms with Crippen molar-refractivity contribution in [3.8, 4) is 11.1 Å². The first kappa shape index (κ1) is 21.6. The van der Waals surface area contributed by atoms with Crippen molar-refractivity contribution in [1.82, 2.24) is 9.88 Å². The quantitative estimate of drug-likeness (QED) is 0.586. The van der Waals surface area contributed by atoms with Crippen molar-refractivity contribution in [2.24, 2.45) is 5.41 Å². The molecule has 1 unspecified atom stereocenters. The first-order chi connectivity index (χ1) is 15.3. The Hall–Kier alpha value is -3.67. The monoisotopic (exact) mass is 429 g/mol. The van der Waals surface area contributed by atoms with Crippen molar-refractivity contribution in [3.63, 3.8) is 0 Å². The largest absolute Gasteiger partial charge is 0.465 e. The first-order valence-corrected chi connectivity index (χ1v) is 10.7. The number of nitrogens with zero attached hydrogens (tertiary/aromatic N) is 2. The van der Waals surface area contributed by atoms with Gasteiger partial charge >= 0.3 is 6.09 Å². The van der Waals surface area contributed by atoms with Crippen molar-refractivity contribution in [3.05, 3.63) is 84.2 Å². The molecule has 6 heteroatoms. The number of carboxylic acid groups (broad SMARTS) is 1. The minimum absolute atomic E-state index is 0.326. The van der Waals surface area contributed by atoms with Gasteiger partial charge in [0.25, 0.3) is 0 Å². The molecule has 32 heavy (non-hydrogen) atoms. The third-order valence-electron chi connectivity index (χ3n) is 5.89. The maximum atomic E-state index is 13.3.